The molecule has 10 nitrogen and oxygen atoms in total. The molecule has 0 aliphatic heterocycles. The maximum atomic E-state index is 15.3. The average Bonchev–Trinajstić information content (AvgIpc) is 3.54. The molecule has 3 saturated carbocycles. The maximum Gasteiger partial charge on any atom is 0.278 e. The summed E-state index contributed by atoms with van der Waals surface area (Å²) in [5.74, 6) is 0.331. The largest absolute Gasteiger partial charge is 0.351 e. The van der Waals surface area contributed by atoms with Gasteiger partial charge in [0.15, 0.2) is 5.65 Å². The zero-order chi connectivity index (χ0) is 30.5. The van der Waals surface area contributed by atoms with Gasteiger partial charge in [-0.25, -0.2) is 22.8 Å². The minimum Gasteiger partial charge on any atom is -0.351 e. The number of benzene rings is 1. The van der Waals surface area contributed by atoms with Crippen LogP contribution in [0.15, 0.2) is 29.2 Å². The fraction of sp³-hybridized carbons (Fsp3) is 0.613. The predicted molar refractivity (Wildman–Crippen MR) is 167 cm³/mol. The SMILES string of the molecule is CC(C)n1c(=O)c(-c2ccc(NS(=O)(=O)CC34CCC(CC3)C4)c(F)c2)nc2cnc(NC3CCC(N(C)C)CC3)nc21. The molecule has 2 aromatic heterocycles. The molecule has 232 valence electrons. The Kier molecular flexibility index (Phi) is 7.95. The van der Waals surface area contributed by atoms with E-state index in [-0.39, 0.29) is 40.2 Å². The Bertz CT molecular complexity index is 1670. The molecule has 3 fully saturated rings. The molecule has 0 spiro atoms. The Morgan fingerprint density at radius 2 is 1.81 bits per heavy atom. The maximum absolute atomic E-state index is 15.3. The number of aromatic nitrogens is 4. The Morgan fingerprint density at radius 1 is 1.09 bits per heavy atom. The van der Waals surface area contributed by atoms with Crippen LogP contribution in [-0.2, 0) is 10.0 Å². The number of nitrogens with one attached hydrogen (secondary N) is 2. The Hall–Kier alpha value is -3.12. The zero-order valence-electron chi connectivity index (χ0n) is 25.4. The van der Waals surface area contributed by atoms with E-state index in [0.29, 0.717) is 29.1 Å². The molecule has 3 aliphatic rings. The van der Waals surface area contributed by atoms with Crippen molar-refractivity contribution in [3.05, 3.63) is 40.6 Å². The summed E-state index contributed by atoms with van der Waals surface area (Å²) in [7, 11) is 0.491. The van der Waals surface area contributed by atoms with Crippen molar-refractivity contribution in [3.63, 3.8) is 0 Å². The van der Waals surface area contributed by atoms with Crippen molar-refractivity contribution in [3.8, 4) is 11.3 Å². The van der Waals surface area contributed by atoms with Gasteiger partial charge < -0.3 is 10.2 Å². The molecule has 3 aromatic rings. The van der Waals surface area contributed by atoms with Crippen LogP contribution in [0.3, 0.4) is 0 Å². The van der Waals surface area contributed by atoms with Gasteiger partial charge in [-0.2, -0.15) is 4.98 Å². The normalized spacial score (nSPS) is 25.6. The van der Waals surface area contributed by atoms with E-state index < -0.39 is 21.4 Å². The van der Waals surface area contributed by atoms with Crippen LogP contribution in [0.2, 0.25) is 0 Å². The highest BCUT2D eigenvalue weighted by molar-refractivity contribution is 7.92. The summed E-state index contributed by atoms with van der Waals surface area (Å²) in [6.07, 6.45) is 10.7. The highest BCUT2D eigenvalue weighted by atomic mass is 32.2. The molecule has 0 amide bonds. The van der Waals surface area contributed by atoms with E-state index in [1.165, 1.54) is 18.2 Å². The molecule has 0 radical (unpaired) electrons. The first-order chi connectivity index (χ1) is 20.4. The number of anilines is 2. The first-order valence-corrected chi connectivity index (χ1v) is 17.1. The molecular formula is C31H42FN7O3S. The van der Waals surface area contributed by atoms with Crippen molar-refractivity contribution < 1.29 is 12.8 Å². The van der Waals surface area contributed by atoms with Gasteiger partial charge >= 0.3 is 0 Å². The van der Waals surface area contributed by atoms with Crippen LogP contribution >= 0.6 is 0 Å². The second kappa shape index (κ2) is 11.4. The summed E-state index contributed by atoms with van der Waals surface area (Å²) in [4.78, 5) is 29.7. The number of hydrogen-bond acceptors (Lipinski definition) is 8. The van der Waals surface area contributed by atoms with Gasteiger partial charge in [-0.05, 0) is 109 Å². The molecule has 0 saturated heterocycles. The summed E-state index contributed by atoms with van der Waals surface area (Å²) in [6, 6.07) is 4.66. The monoisotopic (exact) mass is 611 g/mol. The quantitative estimate of drug-likeness (QED) is 0.340. The molecule has 2 heterocycles. The number of nitrogens with zero attached hydrogens (tertiary/aromatic N) is 5. The lowest BCUT2D eigenvalue weighted by atomic mass is 9.87. The molecule has 12 heteroatoms. The average molecular weight is 612 g/mol. The van der Waals surface area contributed by atoms with Gasteiger partial charge in [0.05, 0.1) is 17.6 Å². The smallest absolute Gasteiger partial charge is 0.278 e. The van der Waals surface area contributed by atoms with Crippen molar-refractivity contribution in [1.82, 2.24) is 24.4 Å². The predicted octanol–water partition coefficient (Wildman–Crippen LogP) is 5.18. The van der Waals surface area contributed by atoms with Crippen molar-refractivity contribution in [2.24, 2.45) is 11.3 Å². The van der Waals surface area contributed by atoms with Gasteiger partial charge in [-0.15, -0.1) is 0 Å². The van der Waals surface area contributed by atoms with E-state index in [9.17, 15) is 13.2 Å². The molecular weight excluding hydrogens is 569 g/mol. The van der Waals surface area contributed by atoms with Gasteiger partial charge in [0.25, 0.3) is 5.56 Å². The summed E-state index contributed by atoms with van der Waals surface area (Å²) in [6.45, 7) is 3.77. The first kappa shape index (κ1) is 29.9. The lowest BCUT2D eigenvalue weighted by Gasteiger charge is -2.32. The van der Waals surface area contributed by atoms with Crippen LogP contribution in [0.25, 0.3) is 22.4 Å². The number of hydrogen-bond donors (Lipinski definition) is 2. The van der Waals surface area contributed by atoms with Crippen LogP contribution in [0.5, 0.6) is 0 Å². The van der Waals surface area contributed by atoms with Crippen molar-refractivity contribution in [2.45, 2.75) is 89.8 Å². The van der Waals surface area contributed by atoms with Crippen molar-refractivity contribution in [1.29, 1.82) is 0 Å². The minimum atomic E-state index is -3.73. The molecule has 2 N–H and O–H groups in total. The summed E-state index contributed by atoms with van der Waals surface area (Å²) < 4.78 is 45.3. The Labute approximate surface area is 252 Å². The number of rotatable bonds is 9. The van der Waals surface area contributed by atoms with E-state index in [2.05, 4.69) is 44.0 Å². The van der Waals surface area contributed by atoms with Gasteiger partial charge in [0.2, 0.25) is 16.0 Å². The lowest BCUT2D eigenvalue weighted by molar-refractivity contribution is 0.221. The second-order valence-electron chi connectivity index (χ2n) is 13.4. The third-order valence-electron chi connectivity index (χ3n) is 9.80. The fourth-order valence-electron chi connectivity index (χ4n) is 7.52. The summed E-state index contributed by atoms with van der Waals surface area (Å²) >= 11 is 0. The van der Waals surface area contributed by atoms with Gasteiger partial charge in [0.1, 0.15) is 17.0 Å². The van der Waals surface area contributed by atoms with E-state index >= 15 is 4.39 Å². The van der Waals surface area contributed by atoms with E-state index in [4.69, 9.17) is 0 Å². The second-order valence-corrected chi connectivity index (χ2v) is 15.2. The highest BCUT2D eigenvalue weighted by Gasteiger charge is 2.47. The van der Waals surface area contributed by atoms with Crippen molar-refractivity contribution in [2.75, 3.05) is 29.9 Å². The van der Waals surface area contributed by atoms with E-state index in [1.54, 1.807) is 10.8 Å². The fourth-order valence-corrected chi connectivity index (χ4v) is 9.31. The molecule has 0 atom stereocenters. The van der Waals surface area contributed by atoms with Crippen LogP contribution in [0, 0.1) is 17.2 Å². The highest BCUT2D eigenvalue weighted by Crippen LogP contribution is 2.54. The molecule has 1 aromatic carbocycles. The minimum absolute atomic E-state index is 0.0111. The van der Waals surface area contributed by atoms with Crippen molar-refractivity contribution >= 4 is 32.8 Å². The van der Waals surface area contributed by atoms with Crippen LogP contribution in [-0.4, -0.2) is 64.8 Å². The molecule has 2 bridgehead atoms. The van der Waals surface area contributed by atoms with Gasteiger partial charge in [-0.1, -0.05) is 6.07 Å². The third-order valence-corrected chi connectivity index (χ3v) is 11.3. The molecule has 43 heavy (non-hydrogen) atoms. The number of sulfonamides is 1. The number of halogens is 1. The molecule has 0 unspecified atom stereocenters. The number of fused-ring (bicyclic) bond motifs is 3. The van der Waals surface area contributed by atoms with Crippen LogP contribution in [0.1, 0.15) is 77.7 Å². The first-order valence-electron chi connectivity index (χ1n) is 15.4. The van der Waals surface area contributed by atoms with E-state index in [1.807, 2.05) is 13.8 Å². The van der Waals surface area contributed by atoms with Gasteiger partial charge in [0, 0.05) is 23.7 Å². The Morgan fingerprint density at radius 3 is 2.42 bits per heavy atom. The summed E-state index contributed by atoms with van der Waals surface area (Å²) in [5.41, 5.74) is 0.429. The standard InChI is InChI=1S/C31H42FN7O3S/c1-19(2)39-28-26(17-33-30(36-28)34-22-6-8-23(9-7-22)38(3)4)35-27(29(39)40)21-5-10-25(24(32)15-21)37-43(41,42)18-31-13-11-20(16-31)12-14-31/h5,10,15,17,19-20,22-23,37H,6-9,11-14,16,18H2,1-4H3,(H,33,34,36). The zero-order valence-corrected chi connectivity index (χ0v) is 26.3. The lowest BCUT2D eigenvalue weighted by Crippen LogP contribution is -2.36. The molecule has 6 rings (SSSR count). The van der Waals surface area contributed by atoms with Gasteiger partial charge in [-0.3, -0.25) is 14.1 Å². The van der Waals surface area contributed by atoms with Crippen LogP contribution < -0.4 is 15.6 Å². The van der Waals surface area contributed by atoms with Crippen LogP contribution in [0.4, 0.5) is 16.0 Å². The third kappa shape index (κ3) is 6.13. The Balaban J connectivity index is 1.24. The molecule has 3 aliphatic carbocycles. The topological polar surface area (TPSA) is 122 Å². The summed E-state index contributed by atoms with van der Waals surface area (Å²) in [5, 5.41) is 3.44. The van der Waals surface area contributed by atoms with E-state index in [0.717, 1.165) is 57.8 Å².